The quantitative estimate of drug-likeness (QED) is 0.178. The lowest BCUT2D eigenvalue weighted by Gasteiger charge is -2.24. The smallest absolute Gasteiger partial charge is 0.278 e. The van der Waals surface area contributed by atoms with Gasteiger partial charge in [0.05, 0.1) is 10.0 Å². The molecule has 2 aliphatic heterocycles. The fraction of sp³-hybridized carbons (Fsp3) is 0.0588. The molecule has 0 aliphatic carbocycles. The molecular formula is C34H20Cl6N4O2. The molecule has 12 heteroatoms. The van der Waals surface area contributed by atoms with E-state index >= 15 is 0 Å². The summed E-state index contributed by atoms with van der Waals surface area (Å²) >= 11 is 37.6. The molecule has 0 fully saturated rings. The summed E-state index contributed by atoms with van der Waals surface area (Å²) in [5, 5.41) is 2.64. The van der Waals surface area contributed by atoms with E-state index in [9.17, 15) is 9.59 Å². The Labute approximate surface area is 294 Å². The van der Waals surface area contributed by atoms with E-state index in [4.69, 9.17) is 69.6 Å². The van der Waals surface area contributed by atoms with Crippen molar-refractivity contribution in [2.45, 2.75) is 0 Å². The van der Waals surface area contributed by atoms with Crippen LogP contribution in [0.2, 0.25) is 30.1 Å². The second-order valence-corrected chi connectivity index (χ2v) is 12.8. The standard InChI is InChI=1S/C34H20Cl6N4O2/c35-21-5-1-19(2-6-21)15-29-33(45)43(31(41-29)25-11-9-23(37)17-27(25)39)13-14-44-32(26-12-10-24(38)18-28(26)40)42-30(34(44)46)16-20-3-7-22(36)8-4-20/h1-12,15-18H,13-14H2/b29-15-,30-16+. The normalized spacial score (nSPS) is 16.6. The maximum atomic E-state index is 13.9. The molecule has 2 amide bonds. The summed E-state index contributed by atoms with van der Waals surface area (Å²) in [7, 11) is 0. The summed E-state index contributed by atoms with van der Waals surface area (Å²) < 4.78 is 0. The van der Waals surface area contributed by atoms with E-state index < -0.39 is 0 Å². The zero-order chi connectivity index (χ0) is 32.5. The minimum absolute atomic E-state index is 0.0543. The highest BCUT2D eigenvalue weighted by atomic mass is 35.5. The highest BCUT2D eigenvalue weighted by Crippen LogP contribution is 2.31. The Kier molecular flexibility index (Phi) is 9.57. The van der Waals surface area contributed by atoms with Crippen molar-refractivity contribution in [3.63, 3.8) is 0 Å². The van der Waals surface area contributed by atoms with Gasteiger partial charge in [-0.1, -0.05) is 93.9 Å². The number of carbonyl (C=O) groups is 2. The summed E-state index contributed by atoms with van der Waals surface area (Å²) in [4.78, 5) is 40.0. The van der Waals surface area contributed by atoms with Crippen molar-refractivity contribution in [1.29, 1.82) is 0 Å². The molecule has 0 N–H and O–H groups in total. The van der Waals surface area contributed by atoms with Crippen molar-refractivity contribution in [3.05, 3.63) is 149 Å². The SMILES string of the molecule is O=C1/C(=C/c2ccc(Cl)cc2)N=C(c2ccc(Cl)cc2Cl)N1CCN1C(=O)/C(=C\c2ccc(Cl)cc2)N=C1c1ccc(Cl)cc1Cl. The van der Waals surface area contributed by atoms with Gasteiger partial charge in [-0.25, -0.2) is 9.98 Å². The molecule has 0 radical (unpaired) electrons. The molecule has 2 heterocycles. The number of carbonyl (C=O) groups excluding carboxylic acids is 2. The largest absolute Gasteiger partial charge is 0.289 e. The predicted octanol–water partition coefficient (Wildman–Crippen LogP) is 9.57. The highest BCUT2D eigenvalue weighted by molar-refractivity contribution is 6.39. The number of aliphatic imine (C=N–C) groups is 2. The van der Waals surface area contributed by atoms with E-state index in [1.165, 1.54) is 9.80 Å². The van der Waals surface area contributed by atoms with Crippen LogP contribution in [-0.4, -0.2) is 46.4 Å². The fourth-order valence-electron chi connectivity index (χ4n) is 4.90. The van der Waals surface area contributed by atoms with Gasteiger partial charge in [0.25, 0.3) is 11.8 Å². The van der Waals surface area contributed by atoms with E-state index in [-0.39, 0.29) is 36.3 Å². The van der Waals surface area contributed by atoms with Crippen LogP contribution in [0, 0.1) is 0 Å². The Morgan fingerprint density at radius 1 is 0.500 bits per heavy atom. The second-order valence-electron chi connectivity index (χ2n) is 10.2. The van der Waals surface area contributed by atoms with Crippen LogP contribution in [0.1, 0.15) is 22.3 Å². The monoisotopic (exact) mass is 726 g/mol. The van der Waals surface area contributed by atoms with E-state index in [2.05, 4.69) is 9.98 Å². The topological polar surface area (TPSA) is 65.3 Å². The molecule has 2 aliphatic rings. The van der Waals surface area contributed by atoms with Crippen LogP contribution >= 0.6 is 69.6 Å². The number of nitrogens with zero attached hydrogens (tertiary/aromatic N) is 4. The van der Waals surface area contributed by atoms with Crippen molar-refractivity contribution in [1.82, 2.24) is 9.80 Å². The van der Waals surface area contributed by atoms with Gasteiger partial charge in [0, 0.05) is 44.3 Å². The van der Waals surface area contributed by atoms with E-state index in [0.717, 1.165) is 11.1 Å². The molecule has 6 rings (SSSR count). The van der Waals surface area contributed by atoms with Crippen LogP contribution in [0.3, 0.4) is 0 Å². The van der Waals surface area contributed by atoms with Crippen molar-refractivity contribution in [2.75, 3.05) is 13.1 Å². The van der Waals surface area contributed by atoms with Gasteiger partial charge in [0.1, 0.15) is 23.1 Å². The van der Waals surface area contributed by atoms with Crippen molar-refractivity contribution in [3.8, 4) is 0 Å². The van der Waals surface area contributed by atoms with Gasteiger partial charge in [-0.2, -0.15) is 0 Å². The first-order chi connectivity index (χ1) is 22.1. The molecule has 46 heavy (non-hydrogen) atoms. The van der Waals surface area contributed by atoms with Crippen LogP contribution in [0.5, 0.6) is 0 Å². The third kappa shape index (κ3) is 6.88. The number of amidine groups is 2. The lowest BCUT2D eigenvalue weighted by atomic mass is 10.1. The summed E-state index contributed by atoms with van der Waals surface area (Å²) in [6.07, 6.45) is 3.33. The van der Waals surface area contributed by atoms with Gasteiger partial charge in [-0.15, -0.1) is 0 Å². The van der Waals surface area contributed by atoms with Crippen LogP contribution < -0.4 is 0 Å². The third-order valence-corrected chi connectivity index (χ3v) is 8.73. The molecule has 0 atom stereocenters. The molecule has 0 aromatic heterocycles. The molecule has 0 unspecified atom stereocenters. The Balaban J connectivity index is 1.36. The van der Waals surface area contributed by atoms with Crippen molar-refractivity contribution < 1.29 is 9.59 Å². The van der Waals surface area contributed by atoms with Crippen LogP contribution in [0.15, 0.2) is 106 Å². The van der Waals surface area contributed by atoms with Crippen LogP contribution in [0.4, 0.5) is 0 Å². The Morgan fingerprint density at radius 3 is 1.20 bits per heavy atom. The average molecular weight is 729 g/mol. The van der Waals surface area contributed by atoms with Crippen LogP contribution in [0.25, 0.3) is 12.2 Å². The van der Waals surface area contributed by atoms with E-state index in [1.54, 1.807) is 97.1 Å². The minimum Gasteiger partial charge on any atom is -0.289 e. The second kappa shape index (κ2) is 13.6. The number of benzene rings is 4. The molecule has 0 spiro atoms. The van der Waals surface area contributed by atoms with E-state index in [1.807, 2.05) is 0 Å². The van der Waals surface area contributed by atoms with Gasteiger partial charge in [-0.05, 0) is 83.9 Å². The average Bonchev–Trinajstić information content (AvgIpc) is 3.49. The summed E-state index contributed by atoms with van der Waals surface area (Å²) in [5.41, 5.74) is 2.86. The molecule has 4 aromatic rings. The lowest BCUT2D eigenvalue weighted by molar-refractivity contribution is -0.125. The maximum Gasteiger partial charge on any atom is 0.278 e. The number of amides is 2. The Hall–Kier alpha value is -3.62. The zero-order valence-corrected chi connectivity index (χ0v) is 28.1. The first kappa shape index (κ1) is 32.3. The molecular weight excluding hydrogens is 709 g/mol. The maximum absolute atomic E-state index is 13.9. The van der Waals surface area contributed by atoms with Crippen LogP contribution in [-0.2, 0) is 9.59 Å². The predicted molar refractivity (Wildman–Crippen MR) is 188 cm³/mol. The fourth-order valence-corrected chi connectivity index (χ4v) is 6.14. The molecule has 0 saturated heterocycles. The summed E-state index contributed by atoms with van der Waals surface area (Å²) in [6.45, 7) is 0.109. The van der Waals surface area contributed by atoms with Gasteiger partial charge in [0.15, 0.2) is 0 Å². The third-order valence-electron chi connectivity index (χ3n) is 7.13. The highest BCUT2D eigenvalue weighted by Gasteiger charge is 2.36. The number of halogens is 6. The number of hydrogen-bond donors (Lipinski definition) is 0. The molecule has 4 aromatic carbocycles. The van der Waals surface area contributed by atoms with E-state index in [0.29, 0.717) is 52.9 Å². The lowest BCUT2D eigenvalue weighted by Crippen LogP contribution is -2.43. The number of rotatable bonds is 7. The summed E-state index contributed by atoms with van der Waals surface area (Å²) in [5.74, 6) is -0.109. The van der Waals surface area contributed by atoms with Crippen molar-refractivity contribution >= 4 is 105 Å². The number of hydrogen-bond acceptors (Lipinski definition) is 4. The first-order valence-corrected chi connectivity index (χ1v) is 16.0. The van der Waals surface area contributed by atoms with Gasteiger partial charge in [-0.3, -0.25) is 19.4 Å². The Bertz CT molecular complexity index is 1860. The minimum atomic E-state index is -0.373. The summed E-state index contributed by atoms with van der Waals surface area (Å²) in [6, 6.07) is 23.9. The molecule has 6 nitrogen and oxygen atoms in total. The first-order valence-electron chi connectivity index (χ1n) is 13.7. The molecule has 0 saturated carbocycles. The molecule has 0 bridgehead atoms. The zero-order valence-electron chi connectivity index (χ0n) is 23.5. The van der Waals surface area contributed by atoms with Crippen molar-refractivity contribution in [2.24, 2.45) is 9.98 Å². The van der Waals surface area contributed by atoms with Gasteiger partial charge in [0.2, 0.25) is 0 Å². The Morgan fingerprint density at radius 2 is 0.848 bits per heavy atom. The van der Waals surface area contributed by atoms with Gasteiger partial charge >= 0.3 is 0 Å². The van der Waals surface area contributed by atoms with Gasteiger partial charge < -0.3 is 0 Å². The molecule has 230 valence electrons.